The fourth-order valence-electron chi connectivity index (χ4n) is 3.50. The maximum atomic E-state index is 6.00. The van der Waals surface area contributed by atoms with Crippen LogP contribution in [0.25, 0.3) is 33.9 Å². The molecular formula is C21H17ClN6. The van der Waals surface area contributed by atoms with E-state index < -0.39 is 0 Å². The molecule has 4 aromatic heterocycles. The van der Waals surface area contributed by atoms with Crippen LogP contribution in [0.15, 0.2) is 48.9 Å². The van der Waals surface area contributed by atoms with E-state index in [0.717, 1.165) is 44.9 Å². The number of halogens is 1. The van der Waals surface area contributed by atoms with Gasteiger partial charge in [0.15, 0.2) is 17.1 Å². The lowest BCUT2D eigenvalue weighted by atomic mass is 10.2. The maximum Gasteiger partial charge on any atom is 0.182 e. The van der Waals surface area contributed by atoms with Crippen molar-refractivity contribution in [2.75, 3.05) is 0 Å². The largest absolute Gasteiger partial charge is 0.282 e. The highest BCUT2D eigenvalue weighted by molar-refractivity contribution is 6.30. The fourth-order valence-corrected chi connectivity index (χ4v) is 3.63. The van der Waals surface area contributed by atoms with E-state index in [0.29, 0.717) is 10.8 Å². The van der Waals surface area contributed by atoms with Crippen LogP contribution in [-0.4, -0.2) is 29.1 Å². The molecule has 28 heavy (non-hydrogen) atoms. The molecule has 1 aromatic carbocycles. The second-order valence-electron chi connectivity index (χ2n) is 6.89. The van der Waals surface area contributed by atoms with Crippen molar-refractivity contribution in [3.8, 4) is 17.2 Å². The normalized spacial score (nSPS) is 11.6. The van der Waals surface area contributed by atoms with Gasteiger partial charge in [-0.15, -0.1) is 5.10 Å². The highest BCUT2D eigenvalue weighted by Gasteiger charge is 2.19. The van der Waals surface area contributed by atoms with Gasteiger partial charge >= 0.3 is 0 Å². The van der Waals surface area contributed by atoms with Gasteiger partial charge in [0.05, 0.1) is 5.39 Å². The molecule has 138 valence electrons. The Bertz CT molecular complexity index is 1350. The summed E-state index contributed by atoms with van der Waals surface area (Å²) in [6.07, 6.45) is 3.52. The summed E-state index contributed by atoms with van der Waals surface area (Å²) in [5.74, 6) is 1.49. The van der Waals surface area contributed by atoms with Crippen molar-refractivity contribution in [1.29, 1.82) is 0 Å². The topological polar surface area (TPSA) is 60.9 Å². The Morgan fingerprint density at radius 2 is 1.71 bits per heavy atom. The summed E-state index contributed by atoms with van der Waals surface area (Å²) in [7, 11) is 0. The lowest BCUT2D eigenvalue weighted by molar-refractivity contribution is 0.918. The summed E-state index contributed by atoms with van der Waals surface area (Å²) in [6, 6.07) is 11.6. The second-order valence-corrected chi connectivity index (χ2v) is 7.33. The molecule has 0 N–H and O–H groups in total. The number of benzene rings is 1. The van der Waals surface area contributed by atoms with Crippen LogP contribution in [0.2, 0.25) is 5.02 Å². The van der Waals surface area contributed by atoms with Crippen molar-refractivity contribution >= 4 is 28.3 Å². The van der Waals surface area contributed by atoms with E-state index in [4.69, 9.17) is 16.6 Å². The molecule has 0 amide bonds. The van der Waals surface area contributed by atoms with E-state index in [2.05, 4.69) is 46.5 Å². The van der Waals surface area contributed by atoms with Gasteiger partial charge in [-0.2, -0.15) is 0 Å². The first-order valence-electron chi connectivity index (χ1n) is 8.95. The van der Waals surface area contributed by atoms with Gasteiger partial charge in [-0.1, -0.05) is 11.6 Å². The van der Waals surface area contributed by atoms with Crippen LogP contribution in [-0.2, 0) is 0 Å². The number of hydrogen-bond donors (Lipinski definition) is 0. The van der Waals surface area contributed by atoms with Crippen molar-refractivity contribution in [2.24, 2.45) is 0 Å². The summed E-state index contributed by atoms with van der Waals surface area (Å²) < 4.78 is 3.81. The van der Waals surface area contributed by atoms with Crippen LogP contribution in [0.1, 0.15) is 16.8 Å². The number of rotatable bonds is 2. The Morgan fingerprint density at radius 3 is 2.46 bits per heavy atom. The van der Waals surface area contributed by atoms with Gasteiger partial charge < -0.3 is 0 Å². The molecule has 0 saturated heterocycles. The maximum absolute atomic E-state index is 6.00. The monoisotopic (exact) mass is 388 g/mol. The quantitative estimate of drug-likeness (QED) is 0.439. The van der Waals surface area contributed by atoms with Crippen LogP contribution in [0.3, 0.4) is 0 Å². The molecule has 0 radical (unpaired) electrons. The zero-order chi connectivity index (χ0) is 19.4. The molecule has 5 rings (SSSR count). The van der Waals surface area contributed by atoms with Crippen molar-refractivity contribution in [3.63, 3.8) is 0 Å². The number of aromatic nitrogens is 6. The number of pyridine rings is 1. The summed E-state index contributed by atoms with van der Waals surface area (Å²) in [4.78, 5) is 14.0. The SMILES string of the molecule is Cc1ccnc(-n2c(C)c(C)c3c2ncn2nc(-c4ccc(Cl)cc4)nc32)c1. The van der Waals surface area contributed by atoms with Crippen LogP contribution in [0.5, 0.6) is 0 Å². The summed E-state index contributed by atoms with van der Waals surface area (Å²) >= 11 is 6.00. The van der Waals surface area contributed by atoms with Gasteiger partial charge in [0.2, 0.25) is 0 Å². The molecule has 6 nitrogen and oxygen atoms in total. The molecule has 4 heterocycles. The highest BCUT2D eigenvalue weighted by Crippen LogP contribution is 2.30. The number of hydrogen-bond acceptors (Lipinski definition) is 4. The minimum atomic E-state index is 0.643. The minimum absolute atomic E-state index is 0.643. The van der Waals surface area contributed by atoms with Crippen LogP contribution >= 0.6 is 11.6 Å². The molecule has 0 saturated carbocycles. The molecule has 0 unspecified atom stereocenters. The smallest absolute Gasteiger partial charge is 0.182 e. The standard InChI is InChI=1S/C21H17ClN6/c1-12-8-9-23-17(10-12)28-14(3)13(2)18-20(28)24-11-27-21(18)25-19(26-27)15-4-6-16(22)7-5-15/h4-11H,1-3H3. The summed E-state index contributed by atoms with van der Waals surface area (Å²) in [5, 5.41) is 6.27. The van der Waals surface area contributed by atoms with E-state index in [1.807, 2.05) is 36.5 Å². The second kappa shape index (κ2) is 6.14. The van der Waals surface area contributed by atoms with Gasteiger partial charge in [-0.05, 0) is 68.3 Å². The third-order valence-electron chi connectivity index (χ3n) is 5.07. The molecule has 0 aliphatic heterocycles. The zero-order valence-electron chi connectivity index (χ0n) is 15.7. The predicted octanol–water partition coefficient (Wildman–Crippen LogP) is 4.71. The lowest BCUT2D eigenvalue weighted by Crippen LogP contribution is -2.01. The fraction of sp³-hybridized carbons (Fsp3) is 0.143. The Hall–Kier alpha value is -3.25. The van der Waals surface area contributed by atoms with E-state index in [1.54, 1.807) is 10.8 Å². The molecule has 0 aliphatic rings. The molecule has 0 bridgehead atoms. The van der Waals surface area contributed by atoms with Crippen molar-refractivity contribution in [1.82, 2.24) is 29.1 Å². The van der Waals surface area contributed by atoms with Crippen molar-refractivity contribution in [3.05, 3.63) is 70.8 Å². The molecule has 0 atom stereocenters. The van der Waals surface area contributed by atoms with Gasteiger partial charge in [0.25, 0.3) is 0 Å². The minimum Gasteiger partial charge on any atom is -0.282 e. The van der Waals surface area contributed by atoms with E-state index in [9.17, 15) is 0 Å². The van der Waals surface area contributed by atoms with E-state index >= 15 is 0 Å². The Labute approximate surface area is 166 Å². The molecule has 0 fully saturated rings. The molecule has 7 heteroatoms. The third-order valence-corrected chi connectivity index (χ3v) is 5.32. The van der Waals surface area contributed by atoms with Crippen LogP contribution in [0, 0.1) is 20.8 Å². The number of fused-ring (bicyclic) bond motifs is 3. The van der Waals surface area contributed by atoms with Crippen LogP contribution in [0.4, 0.5) is 0 Å². The molecule has 0 spiro atoms. The zero-order valence-corrected chi connectivity index (χ0v) is 16.4. The van der Waals surface area contributed by atoms with Gasteiger partial charge in [0.1, 0.15) is 12.1 Å². The Kier molecular flexibility index (Phi) is 3.70. The predicted molar refractivity (Wildman–Crippen MR) is 110 cm³/mol. The van der Waals surface area contributed by atoms with E-state index in [1.165, 1.54) is 0 Å². The first-order valence-corrected chi connectivity index (χ1v) is 9.32. The van der Waals surface area contributed by atoms with Crippen LogP contribution < -0.4 is 0 Å². The first-order chi connectivity index (χ1) is 13.5. The summed E-state index contributed by atoms with van der Waals surface area (Å²) in [6.45, 7) is 6.22. The van der Waals surface area contributed by atoms with Crippen molar-refractivity contribution in [2.45, 2.75) is 20.8 Å². The van der Waals surface area contributed by atoms with E-state index in [-0.39, 0.29) is 0 Å². The average Bonchev–Trinajstić information content (AvgIpc) is 3.22. The van der Waals surface area contributed by atoms with Crippen molar-refractivity contribution < 1.29 is 0 Å². The average molecular weight is 389 g/mol. The first kappa shape index (κ1) is 16.9. The number of nitrogens with zero attached hydrogens (tertiary/aromatic N) is 6. The van der Waals surface area contributed by atoms with Gasteiger partial charge in [0, 0.05) is 22.5 Å². The molecule has 5 aromatic rings. The van der Waals surface area contributed by atoms with Gasteiger partial charge in [-0.25, -0.2) is 19.5 Å². The van der Waals surface area contributed by atoms with Gasteiger partial charge in [-0.3, -0.25) is 4.57 Å². The lowest BCUT2D eigenvalue weighted by Gasteiger charge is -2.07. The molecule has 0 aliphatic carbocycles. The summed E-state index contributed by atoms with van der Waals surface area (Å²) in [5.41, 5.74) is 5.88. The highest BCUT2D eigenvalue weighted by atomic mass is 35.5. The Balaban J connectivity index is 1.79. The molecular weight excluding hydrogens is 372 g/mol. The third kappa shape index (κ3) is 2.49. The number of aryl methyl sites for hydroxylation is 2. The Morgan fingerprint density at radius 1 is 0.929 bits per heavy atom.